The molecule has 1 amide bonds. The zero-order valence-electron chi connectivity index (χ0n) is 17.1. The van der Waals surface area contributed by atoms with Gasteiger partial charge in [0.05, 0.1) is 6.54 Å². The molecule has 1 aromatic carbocycles. The molecule has 0 aliphatic heterocycles. The van der Waals surface area contributed by atoms with Gasteiger partial charge in [-0.15, -0.1) is 0 Å². The summed E-state index contributed by atoms with van der Waals surface area (Å²) >= 11 is 0. The number of aromatic amines is 1. The molecule has 0 fully saturated rings. The lowest BCUT2D eigenvalue weighted by Crippen LogP contribution is -2.41. The van der Waals surface area contributed by atoms with E-state index in [9.17, 15) is 14.4 Å². The maximum atomic E-state index is 12.6. The van der Waals surface area contributed by atoms with E-state index in [1.54, 1.807) is 4.90 Å². The highest BCUT2D eigenvalue weighted by Crippen LogP contribution is 2.25. The number of benzene rings is 1. The summed E-state index contributed by atoms with van der Waals surface area (Å²) in [6.45, 7) is 4.63. The fraction of sp³-hybridized carbons (Fsp3) is 0.476. The first kappa shape index (κ1) is 20.7. The van der Waals surface area contributed by atoms with Gasteiger partial charge in [-0.25, -0.2) is 4.79 Å². The SMILES string of the molecule is CCCCn1c(N)c(N(CC)CC(=O)Nc2ccc3c(c2)CCC3)c(=O)[nH]c1=O. The van der Waals surface area contributed by atoms with Gasteiger partial charge in [-0.05, 0) is 55.9 Å². The van der Waals surface area contributed by atoms with E-state index in [0.29, 0.717) is 13.1 Å². The predicted octanol–water partition coefficient (Wildman–Crippen LogP) is 1.87. The zero-order valence-corrected chi connectivity index (χ0v) is 17.1. The Bertz CT molecular complexity index is 1010. The van der Waals surface area contributed by atoms with Gasteiger partial charge in [-0.3, -0.25) is 19.1 Å². The summed E-state index contributed by atoms with van der Waals surface area (Å²) in [5.74, 6) is -0.144. The summed E-state index contributed by atoms with van der Waals surface area (Å²) in [7, 11) is 0. The fourth-order valence-corrected chi connectivity index (χ4v) is 3.79. The number of carbonyl (C=O) groups excluding carboxylic acids is 1. The van der Waals surface area contributed by atoms with Gasteiger partial charge < -0.3 is 16.0 Å². The van der Waals surface area contributed by atoms with Gasteiger partial charge in [0.15, 0.2) is 0 Å². The van der Waals surface area contributed by atoms with Crippen LogP contribution in [0, 0.1) is 0 Å². The minimum Gasteiger partial charge on any atom is -0.383 e. The van der Waals surface area contributed by atoms with Crippen molar-refractivity contribution in [2.24, 2.45) is 0 Å². The number of nitrogen functional groups attached to an aromatic ring is 1. The van der Waals surface area contributed by atoms with Crippen LogP contribution in [0.4, 0.5) is 17.2 Å². The molecule has 0 spiro atoms. The number of fused-ring (bicyclic) bond motifs is 1. The second-order valence-corrected chi connectivity index (χ2v) is 7.40. The highest BCUT2D eigenvalue weighted by atomic mass is 16.2. The molecule has 0 bridgehead atoms. The zero-order chi connectivity index (χ0) is 21.0. The van der Waals surface area contributed by atoms with E-state index in [1.165, 1.54) is 15.7 Å². The molecule has 4 N–H and O–H groups in total. The molecular weight excluding hydrogens is 370 g/mol. The van der Waals surface area contributed by atoms with Crippen LogP contribution in [0.2, 0.25) is 0 Å². The van der Waals surface area contributed by atoms with Gasteiger partial charge in [-0.1, -0.05) is 19.4 Å². The number of rotatable bonds is 8. The molecule has 8 nitrogen and oxygen atoms in total. The largest absolute Gasteiger partial charge is 0.383 e. The first-order chi connectivity index (χ1) is 13.9. The van der Waals surface area contributed by atoms with Gasteiger partial charge >= 0.3 is 5.69 Å². The average Bonchev–Trinajstić information content (AvgIpc) is 3.14. The van der Waals surface area contributed by atoms with E-state index in [1.807, 2.05) is 26.0 Å². The molecule has 0 saturated heterocycles. The summed E-state index contributed by atoms with van der Waals surface area (Å²) in [6.07, 6.45) is 4.92. The maximum absolute atomic E-state index is 12.6. The van der Waals surface area contributed by atoms with Gasteiger partial charge in [0.1, 0.15) is 11.5 Å². The molecule has 1 aliphatic rings. The summed E-state index contributed by atoms with van der Waals surface area (Å²) in [4.78, 5) is 41.1. The Kier molecular flexibility index (Phi) is 6.41. The number of amides is 1. The van der Waals surface area contributed by atoms with Crippen molar-refractivity contribution in [3.63, 3.8) is 0 Å². The first-order valence-electron chi connectivity index (χ1n) is 10.2. The number of carbonyl (C=O) groups is 1. The standard InChI is InChI=1S/C21H29N5O3/c1-3-5-11-26-19(22)18(20(28)24-21(26)29)25(4-2)13-17(27)23-16-10-9-14-7-6-8-15(14)12-16/h9-10,12H,3-8,11,13,22H2,1-2H3,(H,23,27)(H,24,28,29). The number of hydrogen-bond acceptors (Lipinski definition) is 5. The molecule has 0 unspecified atom stereocenters. The van der Waals surface area contributed by atoms with Crippen molar-refractivity contribution in [2.45, 2.75) is 52.5 Å². The molecule has 1 aliphatic carbocycles. The number of nitrogens with two attached hydrogens (primary N) is 1. The second-order valence-electron chi connectivity index (χ2n) is 7.40. The number of nitrogens with one attached hydrogen (secondary N) is 2. The Balaban J connectivity index is 1.79. The molecule has 3 rings (SSSR count). The van der Waals surface area contributed by atoms with Crippen LogP contribution < -0.4 is 27.2 Å². The number of anilines is 3. The highest BCUT2D eigenvalue weighted by Gasteiger charge is 2.20. The number of aryl methyl sites for hydroxylation is 2. The Labute approximate surface area is 169 Å². The van der Waals surface area contributed by atoms with Crippen LogP contribution in [0.1, 0.15) is 44.2 Å². The van der Waals surface area contributed by atoms with Gasteiger partial charge in [0, 0.05) is 18.8 Å². The normalized spacial score (nSPS) is 12.6. The van der Waals surface area contributed by atoms with Crippen LogP contribution in [0.15, 0.2) is 27.8 Å². The number of hydrogen-bond donors (Lipinski definition) is 3. The molecular formula is C21H29N5O3. The number of aromatic nitrogens is 2. The van der Waals surface area contributed by atoms with Crippen molar-refractivity contribution in [1.29, 1.82) is 0 Å². The highest BCUT2D eigenvalue weighted by molar-refractivity contribution is 5.94. The first-order valence-corrected chi connectivity index (χ1v) is 10.2. The third kappa shape index (κ3) is 4.52. The number of likely N-dealkylation sites (N-methyl/N-ethyl adjacent to an activating group) is 1. The van der Waals surface area contributed by atoms with Crippen molar-refractivity contribution < 1.29 is 4.79 Å². The third-order valence-corrected chi connectivity index (χ3v) is 5.36. The van der Waals surface area contributed by atoms with Crippen molar-refractivity contribution in [2.75, 3.05) is 29.0 Å². The molecule has 8 heteroatoms. The van der Waals surface area contributed by atoms with Gasteiger partial charge in [0.2, 0.25) is 5.91 Å². The third-order valence-electron chi connectivity index (χ3n) is 5.36. The summed E-state index contributed by atoms with van der Waals surface area (Å²) in [5, 5.41) is 2.90. The van der Waals surface area contributed by atoms with E-state index in [4.69, 9.17) is 5.73 Å². The topological polar surface area (TPSA) is 113 Å². The van der Waals surface area contributed by atoms with E-state index in [0.717, 1.165) is 37.8 Å². The molecule has 1 heterocycles. The number of unbranched alkanes of at least 4 members (excludes halogenated alkanes) is 1. The van der Waals surface area contributed by atoms with Crippen LogP contribution in [0.5, 0.6) is 0 Å². The molecule has 0 radical (unpaired) electrons. The van der Waals surface area contributed by atoms with Gasteiger partial charge in [0.25, 0.3) is 5.56 Å². The van der Waals surface area contributed by atoms with Crippen LogP contribution in [0.3, 0.4) is 0 Å². The summed E-state index contributed by atoms with van der Waals surface area (Å²) in [5.41, 5.74) is 8.59. The lowest BCUT2D eigenvalue weighted by atomic mass is 10.1. The summed E-state index contributed by atoms with van der Waals surface area (Å²) < 4.78 is 1.36. The Morgan fingerprint density at radius 3 is 2.72 bits per heavy atom. The molecule has 0 atom stereocenters. The summed E-state index contributed by atoms with van der Waals surface area (Å²) in [6, 6.07) is 5.98. The predicted molar refractivity (Wildman–Crippen MR) is 116 cm³/mol. The van der Waals surface area contributed by atoms with Crippen LogP contribution in [0.25, 0.3) is 0 Å². The Morgan fingerprint density at radius 1 is 1.24 bits per heavy atom. The van der Waals surface area contributed by atoms with Crippen LogP contribution >= 0.6 is 0 Å². The minimum atomic E-state index is -0.576. The number of H-pyrrole nitrogens is 1. The smallest absolute Gasteiger partial charge is 0.330 e. The Morgan fingerprint density at radius 2 is 2.00 bits per heavy atom. The second kappa shape index (κ2) is 8.98. The van der Waals surface area contributed by atoms with Crippen LogP contribution in [-0.4, -0.2) is 28.5 Å². The van der Waals surface area contributed by atoms with Crippen LogP contribution in [-0.2, 0) is 24.2 Å². The van der Waals surface area contributed by atoms with Gasteiger partial charge in [-0.2, -0.15) is 0 Å². The van der Waals surface area contributed by atoms with Crippen molar-refractivity contribution >= 4 is 23.1 Å². The monoisotopic (exact) mass is 399 g/mol. The average molecular weight is 399 g/mol. The maximum Gasteiger partial charge on any atom is 0.330 e. The lowest BCUT2D eigenvalue weighted by molar-refractivity contribution is -0.115. The lowest BCUT2D eigenvalue weighted by Gasteiger charge is -2.24. The van der Waals surface area contributed by atoms with Crippen molar-refractivity contribution in [1.82, 2.24) is 9.55 Å². The molecule has 156 valence electrons. The molecule has 1 aromatic heterocycles. The Hall–Kier alpha value is -3.03. The number of nitrogens with zero attached hydrogens (tertiary/aromatic N) is 2. The van der Waals surface area contributed by atoms with Crippen molar-refractivity contribution in [3.05, 3.63) is 50.2 Å². The van der Waals surface area contributed by atoms with Crippen molar-refractivity contribution in [3.8, 4) is 0 Å². The molecule has 2 aromatic rings. The quantitative estimate of drug-likeness (QED) is 0.627. The molecule has 0 saturated carbocycles. The van der Waals surface area contributed by atoms with E-state index in [-0.39, 0.29) is 24.0 Å². The van der Waals surface area contributed by atoms with E-state index < -0.39 is 11.2 Å². The van der Waals surface area contributed by atoms with E-state index in [2.05, 4.69) is 16.4 Å². The fourth-order valence-electron chi connectivity index (χ4n) is 3.79. The van der Waals surface area contributed by atoms with E-state index >= 15 is 0 Å². The minimum absolute atomic E-state index is 0.0349. The molecule has 29 heavy (non-hydrogen) atoms.